The highest BCUT2D eigenvalue weighted by molar-refractivity contribution is 4.87. The molecular weight excluding hydrogens is 216 g/mol. The Morgan fingerprint density at radius 3 is 2.35 bits per heavy atom. The zero-order valence-electron chi connectivity index (χ0n) is 12.1. The quantitative estimate of drug-likeness (QED) is 0.739. The first-order valence-electron chi connectivity index (χ1n) is 6.51. The minimum absolute atomic E-state index is 0.169. The van der Waals surface area contributed by atoms with Crippen molar-refractivity contribution in [2.75, 3.05) is 27.8 Å². The van der Waals surface area contributed by atoms with Gasteiger partial charge in [0.2, 0.25) is 0 Å². The van der Waals surface area contributed by atoms with Gasteiger partial charge in [-0.15, -0.1) is 0 Å². The highest BCUT2D eigenvalue weighted by Gasteiger charge is 2.31. The van der Waals surface area contributed by atoms with Crippen molar-refractivity contribution in [1.82, 2.24) is 10.2 Å². The molecule has 1 aliphatic heterocycles. The molecule has 4 heteroatoms. The van der Waals surface area contributed by atoms with Gasteiger partial charge in [-0.05, 0) is 33.2 Å². The predicted octanol–water partition coefficient (Wildman–Crippen LogP) is 1.31. The summed E-state index contributed by atoms with van der Waals surface area (Å²) in [5.41, 5.74) is 0. The Labute approximate surface area is 106 Å². The lowest BCUT2D eigenvalue weighted by atomic mass is 9.89. The fraction of sp³-hybridized carbons (Fsp3) is 1.00. The lowest BCUT2D eigenvalue weighted by molar-refractivity contribution is -0.122. The standard InChI is InChI=1S/C13H28N2O2/c1-9-8-15(4)10(2)7-12(9)14-11(3)13(16-5)17-6/h9-14H,7-8H2,1-6H3. The molecule has 4 atom stereocenters. The van der Waals surface area contributed by atoms with Crippen LogP contribution in [0.25, 0.3) is 0 Å². The summed E-state index contributed by atoms with van der Waals surface area (Å²) < 4.78 is 10.6. The minimum atomic E-state index is -0.169. The van der Waals surface area contributed by atoms with Crippen molar-refractivity contribution in [3.05, 3.63) is 0 Å². The number of nitrogens with zero attached hydrogens (tertiary/aromatic N) is 1. The average molecular weight is 244 g/mol. The first-order chi connectivity index (χ1) is 7.99. The van der Waals surface area contributed by atoms with Crippen LogP contribution in [0.2, 0.25) is 0 Å². The number of ether oxygens (including phenoxy) is 2. The Kier molecular flexibility index (Phi) is 5.86. The second kappa shape index (κ2) is 6.69. The summed E-state index contributed by atoms with van der Waals surface area (Å²) in [7, 11) is 5.58. The van der Waals surface area contributed by atoms with Crippen molar-refractivity contribution in [2.24, 2.45) is 5.92 Å². The monoisotopic (exact) mass is 244 g/mol. The van der Waals surface area contributed by atoms with E-state index in [4.69, 9.17) is 9.47 Å². The summed E-state index contributed by atoms with van der Waals surface area (Å²) in [4.78, 5) is 2.43. The molecule has 102 valence electrons. The van der Waals surface area contributed by atoms with E-state index in [9.17, 15) is 0 Å². The maximum atomic E-state index is 5.29. The molecule has 4 unspecified atom stereocenters. The third-order valence-electron chi connectivity index (χ3n) is 3.96. The zero-order chi connectivity index (χ0) is 13.0. The van der Waals surface area contributed by atoms with Crippen LogP contribution in [0.4, 0.5) is 0 Å². The first kappa shape index (κ1) is 14.9. The van der Waals surface area contributed by atoms with Crippen LogP contribution in [0.5, 0.6) is 0 Å². The van der Waals surface area contributed by atoms with E-state index in [1.54, 1.807) is 14.2 Å². The van der Waals surface area contributed by atoms with E-state index in [0.29, 0.717) is 18.0 Å². The van der Waals surface area contributed by atoms with Crippen molar-refractivity contribution in [2.45, 2.75) is 51.6 Å². The number of hydrogen-bond acceptors (Lipinski definition) is 4. The lowest BCUT2D eigenvalue weighted by Gasteiger charge is -2.41. The van der Waals surface area contributed by atoms with E-state index < -0.39 is 0 Å². The lowest BCUT2D eigenvalue weighted by Crippen LogP contribution is -2.55. The predicted molar refractivity (Wildman–Crippen MR) is 70.1 cm³/mol. The van der Waals surface area contributed by atoms with Crippen LogP contribution in [0.15, 0.2) is 0 Å². The van der Waals surface area contributed by atoms with Crippen LogP contribution in [-0.4, -0.2) is 57.1 Å². The molecule has 0 radical (unpaired) electrons. The number of methoxy groups -OCH3 is 2. The molecule has 0 bridgehead atoms. The molecular formula is C13H28N2O2. The molecule has 0 aromatic heterocycles. The van der Waals surface area contributed by atoms with Crippen molar-refractivity contribution in [3.63, 3.8) is 0 Å². The van der Waals surface area contributed by atoms with Crippen LogP contribution in [0.1, 0.15) is 27.2 Å². The maximum absolute atomic E-state index is 5.29. The number of hydrogen-bond donors (Lipinski definition) is 1. The second-order valence-corrected chi connectivity index (χ2v) is 5.40. The van der Waals surface area contributed by atoms with Crippen molar-refractivity contribution in [1.29, 1.82) is 0 Å². The Hall–Kier alpha value is -0.160. The van der Waals surface area contributed by atoms with Gasteiger partial charge in [0.15, 0.2) is 6.29 Å². The van der Waals surface area contributed by atoms with Crippen LogP contribution in [-0.2, 0) is 9.47 Å². The Morgan fingerprint density at radius 2 is 1.82 bits per heavy atom. The molecule has 0 spiro atoms. The van der Waals surface area contributed by atoms with Crippen LogP contribution >= 0.6 is 0 Å². The molecule has 0 aromatic rings. The average Bonchev–Trinajstić information content (AvgIpc) is 2.27. The largest absolute Gasteiger partial charge is 0.354 e. The smallest absolute Gasteiger partial charge is 0.171 e. The SMILES string of the molecule is COC(OC)C(C)NC1CC(C)N(C)CC1C. The van der Waals surface area contributed by atoms with E-state index in [0.717, 1.165) is 6.54 Å². The molecule has 1 N–H and O–H groups in total. The molecule has 4 nitrogen and oxygen atoms in total. The third kappa shape index (κ3) is 3.91. The molecule has 17 heavy (non-hydrogen) atoms. The van der Waals surface area contributed by atoms with Crippen LogP contribution in [0, 0.1) is 5.92 Å². The molecule has 1 fully saturated rings. The summed E-state index contributed by atoms with van der Waals surface area (Å²) in [6.07, 6.45) is 1.01. The van der Waals surface area contributed by atoms with Crippen molar-refractivity contribution >= 4 is 0 Å². The number of nitrogens with one attached hydrogen (secondary N) is 1. The van der Waals surface area contributed by atoms with Gasteiger partial charge in [0.25, 0.3) is 0 Å². The van der Waals surface area contributed by atoms with Crippen LogP contribution in [0.3, 0.4) is 0 Å². The highest BCUT2D eigenvalue weighted by Crippen LogP contribution is 2.21. The number of likely N-dealkylation sites (tertiary alicyclic amines) is 1. The van der Waals surface area contributed by atoms with E-state index in [2.05, 4.69) is 38.0 Å². The van der Waals surface area contributed by atoms with Crippen LogP contribution < -0.4 is 5.32 Å². The molecule has 0 amide bonds. The van der Waals surface area contributed by atoms with E-state index >= 15 is 0 Å². The number of piperidine rings is 1. The normalized spacial score (nSPS) is 33.0. The maximum Gasteiger partial charge on any atom is 0.171 e. The molecule has 1 aliphatic rings. The fourth-order valence-corrected chi connectivity index (χ4v) is 2.69. The van der Waals surface area contributed by atoms with E-state index in [-0.39, 0.29) is 12.3 Å². The minimum Gasteiger partial charge on any atom is -0.354 e. The summed E-state index contributed by atoms with van der Waals surface area (Å²) in [5.74, 6) is 0.660. The summed E-state index contributed by atoms with van der Waals surface area (Å²) >= 11 is 0. The highest BCUT2D eigenvalue weighted by atomic mass is 16.7. The topological polar surface area (TPSA) is 33.7 Å². The van der Waals surface area contributed by atoms with Gasteiger partial charge in [0.1, 0.15) is 0 Å². The van der Waals surface area contributed by atoms with Gasteiger partial charge >= 0.3 is 0 Å². The zero-order valence-corrected chi connectivity index (χ0v) is 12.1. The van der Waals surface area contributed by atoms with E-state index in [1.807, 2.05) is 0 Å². The summed E-state index contributed by atoms with van der Waals surface area (Å²) in [6, 6.07) is 1.40. The van der Waals surface area contributed by atoms with Gasteiger partial charge in [0, 0.05) is 32.8 Å². The van der Waals surface area contributed by atoms with Gasteiger partial charge < -0.3 is 19.7 Å². The molecule has 0 aliphatic carbocycles. The number of rotatable bonds is 5. The molecule has 1 saturated heterocycles. The first-order valence-corrected chi connectivity index (χ1v) is 6.51. The van der Waals surface area contributed by atoms with Gasteiger partial charge in [-0.2, -0.15) is 0 Å². The molecule has 1 rings (SSSR count). The summed E-state index contributed by atoms with van der Waals surface area (Å²) in [6.45, 7) is 7.86. The Morgan fingerprint density at radius 1 is 1.24 bits per heavy atom. The van der Waals surface area contributed by atoms with E-state index in [1.165, 1.54) is 6.42 Å². The molecule has 1 heterocycles. The van der Waals surface area contributed by atoms with Gasteiger partial charge in [-0.25, -0.2) is 0 Å². The van der Waals surface area contributed by atoms with Gasteiger partial charge in [-0.3, -0.25) is 0 Å². The van der Waals surface area contributed by atoms with Crippen molar-refractivity contribution < 1.29 is 9.47 Å². The van der Waals surface area contributed by atoms with Crippen molar-refractivity contribution in [3.8, 4) is 0 Å². The Balaban J connectivity index is 2.50. The molecule has 0 aromatic carbocycles. The second-order valence-electron chi connectivity index (χ2n) is 5.40. The Bertz CT molecular complexity index is 221. The molecule has 0 saturated carbocycles. The summed E-state index contributed by atoms with van der Waals surface area (Å²) in [5, 5.41) is 3.64. The fourth-order valence-electron chi connectivity index (χ4n) is 2.69. The van der Waals surface area contributed by atoms with Gasteiger partial charge in [0.05, 0.1) is 6.04 Å². The van der Waals surface area contributed by atoms with Gasteiger partial charge in [-0.1, -0.05) is 6.92 Å². The third-order valence-corrected chi connectivity index (χ3v) is 3.96.